The van der Waals surface area contributed by atoms with Gasteiger partial charge in [0.05, 0.1) is 0 Å². The SMILES string of the molecule is CC1(C)C(=O)N(CCCl)C(C)(C)N1[O]. The average Bonchev–Trinajstić information content (AvgIpc) is 2.19. The summed E-state index contributed by atoms with van der Waals surface area (Å²) in [5.41, 5.74) is -1.77. The summed E-state index contributed by atoms with van der Waals surface area (Å²) in [6, 6.07) is 0. The summed E-state index contributed by atoms with van der Waals surface area (Å²) in [5, 5.41) is 12.7. The Morgan fingerprint density at radius 2 is 1.79 bits per heavy atom. The van der Waals surface area contributed by atoms with Gasteiger partial charge in [0.1, 0.15) is 11.2 Å². The Bertz CT molecular complexity index is 253. The van der Waals surface area contributed by atoms with Gasteiger partial charge < -0.3 is 4.90 Å². The summed E-state index contributed by atoms with van der Waals surface area (Å²) in [6.07, 6.45) is 0. The van der Waals surface area contributed by atoms with Gasteiger partial charge in [0, 0.05) is 12.4 Å². The van der Waals surface area contributed by atoms with Gasteiger partial charge in [-0.3, -0.25) is 4.79 Å². The smallest absolute Gasteiger partial charge is 0.246 e. The van der Waals surface area contributed by atoms with Gasteiger partial charge in [0.25, 0.3) is 0 Å². The van der Waals surface area contributed by atoms with Gasteiger partial charge in [0.2, 0.25) is 5.91 Å². The van der Waals surface area contributed by atoms with Crippen molar-refractivity contribution in [2.45, 2.75) is 38.9 Å². The molecule has 1 heterocycles. The molecule has 1 fully saturated rings. The van der Waals surface area contributed by atoms with Crippen LogP contribution in [0, 0.1) is 0 Å². The lowest BCUT2D eigenvalue weighted by Gasteiger charge is -2.33. The molecule has 0 aromatic heterocycles. The first-order valence-electron chi connectivity index (χ1n) is 4.61. The zero-order chi connectivity index (χ0) is 11.1. The van der Waals surface area contributed by atoms with E-state index in [2.05, 4.69) is 0 Å². The summed E-state index contributed by atoms with van der Waals surface area (Å²) >= 11 is 5.60. The third-order valence-corrected chi connectivity index (χ3v) is 2.91. The van der Waals surface area contributed by atoms with Crippen LogP contribution in [0.4, 0.5) is 0 Å². The maximum Gasteiger partial charge on any atom is 0.246 e. The molecule has 81 valence electrons. The normalized spacial score (nSPS) is 25.9. The van der Waals surface area contributed by atoms with Crippen molar-refractivity contribution < 1.29 is 10.0 Å². The van der Waals surface area contributed by atoms with Gasteiger partial charge in [-0.2, -0.15) is 0 Å². The van der Waals surface area contributed by atoms with E-state index in [9.17, 15) is 10.0 Å². The van der Waals surface area contributed by atoms with E-state index in [0.29, 0.717) is 12.4 Å². The van der Waals surface area contributed by atoms with Gasteiger partial charge in [0.15, 0.2) is 0 Å². The second kappa shape index (κ2) is 3.36. The molecule has 14 heavy (non-hydrogen) atoms. The predicted octanol–water partition coefficient (Wildman–Crippen LogP) is 1.23. The molecule has 1 aliphatic rings. The largest absolute Gasteiger partial charge is 0.320 e. The molecular formula is C9H16ClN2O2. The highest BCUT2D eigenvalue weighted by molar-refractivity contribution is 6.18. The Morgan fingerprint density at radius 1 is 1.29 bits per heavy atom. The minimum Gasteiger partial charge on any atom is -0.320 e. The van der Waals surface area contributed by atoms with Gasteiger partial charge in [-0.25, -0.2) is 0 Å². The van der Waals surface area contributed by atoms with Gasteiger partial charge in [-0.1, -0.05) is 0 Å². The van der Waals surface area contributed by atoms with Crippen LogP contribution in [-0.4, -0.2) is 39.5 Å². The van der Waals surface area contributed by atoms with Crippen LogP contribution in [0.3, 0.4) is 0 Å². The molecule has 0 bridgehead atoms. The fourth-order valence-corrected chi connectivity index (χ4v) is 2.09. The standard InChI is InChI=1S/C9H16ClN2O2/c1-8(2)7(13)11(6-5-10)9(3,4)12(8)14/h5-6H2,1-4H3. The Balaban J connectivity index is 3.04. The molecule has 0 atom stereocenters. The molecule has 0 aliphatic carbocycles. The van der Waals surface area contributed by atoms with E-state index >= 15 is 0 Å². The van der Waals surface area contributed by atoms with Crippen LogP contribution in [0.1, 0.15) is 27.7 Å². The molecule has 0 unspecified atom stereocenters. The van der Waals surface area contributed by atoms with E-state index in [1.165, 1.54) is 4.90 Å². The first kappa shape index (κ1) is 11.8. The second-order valence-electron chi connectivity index (χ2n) is 4.49. The zero-order valence-electron chi connectivity index (χ0n) is 9.00. The highest BCUT2D eigenvalue weighted by Crippen LogP contribution is 2.36. The van der Waals surface area contributed by atoms with Crippen LogP contribution < -0.4 is 0 Å². The molecule has 1 rings (SSSR count). The van der Waals surface area contributed by atoms with E-state index in [4.69, 9.17) is 11.6 Å². The number of alkyl halides is 1. The van der Waals surface area contributed by atoms with E-state index in [0.717, 1.165) is 5.06 Å². The first-order chi connectivity index (χ1) is 6.26. The molecule has 1 amide bonds. The molecule has 1 radical (unpaired) electrons. The van der Waals surface area contributed by atoms with Crippen LogP contribution in [0.25, 0.3) is 0 Å². The molecular weight excluding hydrogens is 204 g/mol. The quantitative estimate of drug-likeness (QED) is 0.656. The number of amides is 1. The molecule has 5 heteroatoms. The lowest BCUT2D eigenvalue weighted by molar-refractivity contribution is -0.258. The number of nitrogens with zero attached hydrogens (tertiary/aromatic N) is 2. The van der Waals surface area contributed by atoms with Crippen LogP contribution in [-0.2, 0) is 10.0 Å². The predicted molar refractivity (Wildman–Crippen MR) is 53.1 cm³/mol. The van der Waals surface area contributed by atoms with E-state index in [-0.39, 0.29) is 5.91 Å². The number of carbonyl (C=O) groups is 1. The van der Waals surface area contributed by atoms with Crippen LogP contribution in [0.15, 0.2) is 0 Å². The Labute approximate surface area is 89.4 Å². The minimum absolute atomic E-state index is 0.154. The number of hydroxylamine groups is 2. The molecule has 4 nitrogen and oxygen atoms in total. The molecule has 0 saturated carbocycles. The molecule has 1 saturated heterocycles. The van der Waals surface area contributed by atoms with Crippen molar-refractivity contribution in [1.82, 2.24) is 9.96 Å². The third-order valence-electron chi connectivity index (χ3n) is 2.74. The lowest BCUT2D eigenvalue weighted by Crippen LogP contribution is -2.49. The summed E-state index contributed by atoms with van der Waals surface area (Å²) in [4.78, 5) is 13.4. The van der Waals surface area contributed by atoms with Crippen LogP contribution >= 0.6 is 11.6 Å². The highest BCUT2D eigenvalue weighted by atomic mass is 35.5. The van der Waals surface area contributed by atoms with Crippen molar-refractivity contribution >= 4 is 17.5 Å². The molecule has 0 aromatic rings. The molecule has 0 spiro atoms. The van der Waals surface area contributed by atoms with Gasteiger partial charge >= 0.3 is 0 Å². The fourth-order valence-electron chi connectivity index (χ4n) is 1.92. The Kier molecular flexibility index (Phi) is 2.82. The number of hydrogen-bond donors (Lipinski definition) is 0. The topological polar surface area (TPSA) is 43.5 Å². The van der Waals surface area contributed by atoms with Gasteiger partial charge in [-0.05, 0) is 27.7 Å². The van der Waals surface area contributed by atoms with E-state index in [1.54, 1.807) is 27.7 Å². The summed E-state index contributed by atoms with van der Waals surface area (Å²) in [6.45, 7) is 7.16. The lowest BCUT2D eigenvalue weighted by atomic mass is 10.1. The number of rotatable bonds is 2. The second-order valence-corrected chi connectivity index (χ2v) is 4.87. The number of carbonyl (C=O) groups excluding carboxylic acids is 1. The monoisotopic (exact) mass is 219 g/mol. The van der Waals surface area contributed by atoms with Crippen molar-refractivity contribution in [3.8, 4) is 0 Å². The highest BCUT2D eigenvalue weighted by Gasteiger charge is 2.57. The average molecular weight is 220 g/mol. The van der Waals surface area contributed by atoms with E-state index < -0.39 is 11.2 Å². The maximum atomic E-state index is 11.9. The van der Waals surface area contributed by atoms with Crippen molar-refractivity contribution in [2.75, 3.05) is 12.4 Å². The van der Waals surface area contributed by atoms with Crippen LogP contribution in [0.2, 0.25) is 0 Å². The number of halogens is 1. The molecule has 0 aromatic carbocycles. The molecule has 1 aliphatic heterocycles. The third kappa shape index (κ3) is 1.42. The van der Waals surface area contributed by atoms with E-state index in [1.807, 2.05) is 0 Å². The summed E-state index contributed by atoms with van der Waals surface area (Å²) in [5.74, 6) is 0.192. The maximum absolute atomic E-state index is 11.9. The Morgan fingerprint density at radius 3 is 2.07 bits per heavy atom. The summed E-state index contributed by atoms with van der Waals surface area (Å²) in [7, 11) is 0. The summed E-state index contributed by atoms with van der Waals surface area (Å²) < 4.78 is 0. The van der Waals surface area contributed by atoms with Gasteiger partial charge in [-0.15, -0.1) is 21.9 Å². The van der Waals surface area contributed by atoms with Crippen molar-refractivity contribution in [2.24, 2.45) is 0 Å². The zero-order valence-corrected chi connectivity index (χ0v) is 9.76. The van der Waals surface area contributed by atoms with Crippen molar-refractivity contribution in [3.05, 3.63) is 0 Å². The first-order valence-corrected chi connectivity index (χ1v) is 5.15. The van der Waals surface area contributed by atoms with Crippen LogP contribution in [0.5, 0.6) is 0 Å². The van der Waals surface area contributed by atoms with Crippen molar-refractivity contribution in [3.63, 3.8) is 0 Å². The fraction of sp³-hybridized carbons (Fsp3) is 0.889. The van der Waals surface area contributed by atoms with Crippen molar-refractivity contribution in [1.29, 1.82) is 0 Å². The Hall–Kier alpha value is -0.320. The minimum atomic E-state index is -0.977. The molecule has 0 N–H and O–H groups in total. The number of hydrogen-bond acceptors (Lipinski definition) is 2.